The van der Waals surface area contributed by atoms with E-state index in [1.165, 1.54) is 0 Å². The lowest BCUT2D eigenvalue weighted by Crippen LogP contribution is -2.42. The van der Waals surface area contributed by atoms with Crippen LogP contribution in [0.4, 0.5) is 0 Å². The van der Waals surface area contributed by atoms with E-state index in [1.807, 2.05) is 12.1 Å². The van der Waals surface area contributed by atoms with Crippen molar-refractivity contribution >= 4 is 5.91 Å². The number of carbonyl (C=O) groups excluding carboxylic acids is 1. The Kier molecular flexibility index (Phi) is 3.12. The zero-order valence-corrected chi connectivity index (χ0v) is 10.8. The topological polar surface area (TPSA) is 45.5 Å². The summed E-state index contributed by atoms with van der Waals surface area (Å²) in [7, 11) is 0. The average Bonchev–Trinajstić information content (AvgIpc) is 3.01. The van der Waals surface area contributed by atoms with Crippen LogP contribution in [-0.4, -0.2) is 36.0 Å². The fourth-order valence-corrected chi connectivity index (χ4v) is 3.41. The highest BCUT2D eigenvalue weighted by molar-refractivity contribution is 5.77. The molecule has 4 heteroatoms. The van der Waals surface area contributed by atoms with Crippen molar-refractivity contribution in [1.82, 2.24) is 10.2 Å². The molecular weight excluding hydrogens is 228 g/mol. The van der Waals surface area contributed by atoms with Gasteiger partial charge in [-0.15, -0.1) is 0 Å². The Balaban J connectivity index is 1.61. The first-order valence-electron chi connectivity index (χ1n) is 6.80. The van der Waals surface area contributed by atoms with Crippen LogP contribution in [-0.2, 0) is 11.2 Å². The lowest BCUT2D eigenvalue weighted by atomic mass is 10.0. The van der Waals surface area contributed by atoms with Gasteiger partial charge in [-0.1, -0.05) is 0 Å². The molecule has 2 aliphatic rings. The number of rotatable bonds is 3. The van der Waals surface area contributed by atoms with E-state index in [0.717, 1.165) is 25.3 Å². The molecule has 2 fully saturated rings. The van der Waals surface area contributed by atoms with Crippen LogP contribution in [0.15, 0.2) is 22.8 Å². The smallest absolute Gasteiger partial charge is 0.223 e. The number of furan rings is 1. The number of aryl methyl sites for hydroxylation is 1. The molecule has 18 heavy (non-hydrogen) atoms. The summed E-state index contributed by atoms with van der Waals surface area (Å²) in [4.78, 5) is 14.5. The average molecular weight is 248 g/mol. The van der Waals surface area contributed by atoms with Crippen molar-refractivity contribution in [1.29, 1.82) is 0 Å². The number of fused-ring (bicyclic) bond motifs is 1. The molecule has 1 amide bonds. The number of likely N-dealkylation sites (tertiary alicyclic amines) is 1. The van der Waals surface area contributed by atoms with Crippen molar-refractivity contribution in [3.05, 3.63) is 24.2 Å². The number of nitrogens with one attached hydrogen (secondary N) is 1. The SMILES string of the molecule is CC1CC2CNCC2N1C(=O)CCc1ccco1. The number of hydrogen-bond donors (Lipinski definition) is 1. The van der Waals surface area contributed by atoms with E-state index in [4.69, 9.17) is 4.42 Å². The molecule has 1 aromatic heterocycles. The summed E-state index contributed by atoms with van der Waals surface area (Å²) in [5.74, 6) is 1.83. The summed E-state index contributed by atoms with van der Waals surface area (Å²) in [6, 6.07) is 4.62. The van der Waals surface area contributed by atoms with Gasteiger partial charge >= 0.3 is 0 Å². The van der Waals surface area contributed by atoms with Gasteiger partial charge in [-0.25, -0.2) is 0 Å². The van der Waals surface area contributed by atoms with Gasteiger partial charge in [0, 0.05) is 38.0 Å². The van der Waals surface area contributed by atoms with Gasteiger partial charge < -0.3 is 14.6 Å². The highest BCUT2D eigenvalue weighted by Gasteiger charge is 2.43. The summed E-state index contributed by atoms with van der Waals surface area (Å²) < 4.78 is 5.28. The maximum Gasteiger partial charge on any atom is 0.223 e. The van der Waals surface area contributed by atoms with E-state index in [1.54, 1.807) is 6.26 Å². The number of amides is 1. The zero-order chi connectivity index (χ0) is 12.5. The Morgan fingerprint density at radius 1 is 1.56 bits per heavy atom. The second kappa shape index (κ2) is 4.76. The zero-order valence-electron chi connectivity index (χ0n) is 10.8. The third kappa shape index (κ3) is 2.05. The lowest BCUT2D eigenvalue weighted by molar-refractivity contribution is -0.133. The number of nitrogens with zero attached hydrogens (tertiary/aromatic N) is 1. The third-order valence-corrected chi connectivity index (χ3v) is 4.23. The molecule has 3 rings (SSSR count). The Morgan fingerprint density at radius 3 is 3.22 bits per heavy atom. The van der Waals surface area contributed by atoms with Crippen molar-refractivity contribution in [3.8, 4) is 0 Å². The van der Waals surface area contributed by atoms with E-state index in [9.17, 15) is 4.79 Å². The Morgan fingerprint density at radius 2 is 2.44 bits per heavy atom. The van der Waals surface area contributed by atoms with Gasteiger partial charge in [0.05, 0.1) is 6.26 Å². The van der Waals surface area contributed by atoms with Crippen LogP contribution < -0.4 is 5.32 Å². The molecular formula is C14H20N2O2. The van der Waals surface area contributed by atoms with Gasteiger partial charge in [0.1, 0.15) is 5.76 Å². The standard InChI is InChI=1S/C14H20N2O2/c1-10-7-11-8-15-9-13(11)16(10)14(17)5-4-12-3-2-6-18-12/h2-3,6,10-11,13,15H,4-5,7-9H2,1H3. The Hall–Kier alpha value is -1.29. The minimum Gasteiger partial charge on any atom is -0.469 e. The summed E-state index contributed by atoms with van der Waals surface area (Å²) >= 11 is 0. The van der Waals surface area contributed by atoms with Crippen LogP contribution in [0.25, 0.3) is 0 Å². The molecule has 3 heterocycles. The molecule has 1 N–H and O–H groups in total. The van der Waals surface area contributed by atoms with Crippen LogP contribution in [0.3, 0.4) is 0 Å². The minimum atomic E-state index is 0.273. The molecule has 0 aliphatic carbocycles. The van der Waals surface area contributed by atoms with E-state index in [2.05, 4.69) is 17.1 Å². The second-order valence-electron chi connectivity index (χ2n) is 5.45. The van der Waals surface area contributed by atoms with Crippen molar-refractivity contribution < 1.29 is 9.21 Å². The lowest BCUT2D eigenvalue weighted by Gasteiger charge is -2.27. The maximum atomic E-state index is 12.4. The summed E-state index contributed by atoms with van der Waals surface area (Å²) in [6.07, 6.45) is 4.07. The first kappa shape index (κ1) is 11.8. The van der Waals surface area contributed by atoms with Crippen LogP contribution >= 0.6 is 0 Å². The summed E-state index contributed by atoms with van der Waals surface area (Å²) in [5, 5.41) is 3.39. The van der Waals surface area contributed by atoms with Crippen molar-refractivity contribution in [2.24, 2.45) is 5.92 Å². The molecule has 2 aliphatic heterocycles. The predicted octanol–water partition coefficient (Wildman–Crippen LogP) is 1.42. The predicted molar refractivity (Wildman–Crippen MR) is 68.1 cm³/mol. The number of hydrogen-bond acceptors (Lipinski definition) is 3. The summed E-state index contributed by atoms with van der Waals surface area (Å²) in [5.41, 5.74) is 0. The first-order valence-corrected chi connectivity index (χ1v) is 6.80. The molecule has 3 unspecified atom stereocenters. The molecule has 0 radical (unpaired) electrons. The fourth-order valence-electron chi connectivity index (χ4n) is 3.41. The van der Waals surface area contributed by atoms with Crippen LogP contribution in [0.5, 0.6) is 0 Å². The molecule has 0 aromatic carbocycles. The van der Waals surface area contributed by atoms with Gasteiger partial charge in [0.25, 0.3) is 0 Å². The van der Waals surface area contributed by atoms with Crippen LogP contribution in [0, 0.1) is 5.92 Å². The Labute approximate surface area is 107 Å². The quantitative estimate of drug-likeness (QED) is 0.880. The van der Waals surface area contributed by atoms with Gasteiger partial charge in [-0.3, -0.25) is 4.79 Å². The van der Waals surface area contributed by atoms with Gasteiger partial charge in [0.15, 0.2) is 0 Å². The molecule has 4 nitrogen and oxygen atoms in total. The van der Waals surface area contributed by atoms with Crippen LogP contribution in [0.1, 0.15) is 25.5 Å². The van der Waals surface area contributed by atoms with E-state index in [-0.39, 0.29) is 5.91 Å². The monoisotopic (exact) mass is 248 g/mol. The summed E-state index contributed by atoms with van der Waals surface area (Å²) in [6.45, 7) is 4.20. The molecule has 2 saturated heterocycles. The molecule has 0 spiro atoms. The largest absolute Gasteiger partial charge is 0.469 e. The number of carbonyl (C=O) groups is 1. The van der Waals surface area contributed by atoms with Gasteiger partial charge in [0.2, 0.25) is 5.91 Å². The van der Waals surface area contributed by atoms with Gasteiger partial charge in [-0.05, 0) is 31.4 Å². The van der Waals surface area contributed by atoms with E-state index < -0.39 is 0 Å². The van der Waals surface area contributed by atoms with Gasteiger partial charge in [-0.2, -0.15) is 0 Å². The normalized spacial score (nSPS) is 30.7. The van der Waals surface area contributed by atoms with Crippen molar-refractivity contribution in [2.45, 2.75) is 38.3 Å². The fraction of sp³-hybridized carbons (Fsp3) is 0.643. The van der Waals surface area contributed by atoms with E-state index >= 15 is 0 Å². The van der Waals surface area contributed by atoms with Crippen molar-refractivity contribution in [3.63, 3.8) is 0 Å². The molecule has 0 saturated carbocycles. The first-order chi connectivity index (χ1) is 8.75. The molecule has 1 aromatic rings. The molecule has 0 bridgehead atoms. The highest BCUT2D eigenvalue weighted by Crippen LogP contribution is 2.32. The van der Waals surface area contributed by atoms with Crippen molar-refractivity contribution in [2.75, 3.05) is 13.1 Å². The second-order valence-corrected chi connectivity index (χ2v) is 5.45. The van der Waals surface area contributed by atoms with Crippen LogP contribution in [0.2, 0.25) is 0 Å². The molecule has 3 atom stereocenters. The third-order valence-electron chi connectivity index (χ3n) is 4.23. The van der Waals surface area contributed by atoms with E-state index in [0.29, 0.717) is 30.8 Å². The highest BCUT2D eigenvalue weighted by atomic mass is 16.3. The Bertz CT molecular complexity index is 415. The molecule has 98 valence electrons. The maximum absolute atomic E-state index is 12.4. The minimum absolute atomic E-state index is 0.273.